The first-order chi connectivity index (χ1) is 13.8. The zero-order valence-electron chi connectivity index (χ0n) is 14.6. The van der Waals surface area contributed by atoms with Gasteiger partial charge in [-0.2, -0.15) is 13.2 Å². The molecule has 0 fully saturated rings. The molecule has 4 rings (SSSR count). The molecule has 0 aliphatic rings. The number of benzene rings is 2. The van der Waals surface area contributed by atoms with Crippen LogP contribution in [0.3, 0.4) is 0 Å². The second kappa shape index (κ2) is 7.17. The molecule has 0 atom stereocenters. The monoisotopic (exact) mass is 415 g/mol. The number of alkyl halides is 3. The first-order valence-electron chi connectivity index (χ1n) is 8.37. The van der Waals surface area contributed by atoms with Gasteiger partial charge in [0.05, 0.1) is 16.6 Å². The smallest absolute Gasteiger partial charge is 0.354 e. The minimum absolute atomic E-state index is 0.183. The number of rotatable bonds is 3. The molecule has 0 spiro atoms. The van der Waals surface area contributed by atoms with Crippen LogP contribution in [0.4, 0.5) is 18.3 Å². The first-order valence-corrected chi connectivity index (χ1v) is 9.25. The van der Waals surface area contributed by atoms with Crippen LogP contribution in [0.1, 0.15) is 15.9 Å². The second-order valence-corrected chi connectivity index (χ2v) is 7.04. The maximum atomic E-state index is 13.0. The van der Waals surface area contributed by atoms with Gasteiger partial charge in [0.1, 0.15) is 0 Å². The second-order valence-electron chi connectivity index (χ2n) is 6.15. The molecule has 0 bridgehead atoms. The average Bonchev–Trinajstić information content (AvgIpc) is 3.20. The lowest BCUT2D eigenvalue weighted by atomic mass is 10.0. The van der Waals surface area contributed by atoms with Gasteiger partial charge >= 0.3 is 6.18 Å². The van der Waals surface area contributed by atoms with E-state index in [4.69, 9.17) is 0 Å². The number of thiazole rings is 1. The summed E-state index contributed by atoms with van der Waals surface area (Å²) >= 11 is 1.24. The highest BCUT2D eigenvalue weighted by atomic mass is 32.1. The van der Waals surface area contributed by atoms with E-state index >= 15 is 0 Å². The number of carbonyl (C=O) groups is 1. The number of aromatic amines is 1. The highest BCUT2D eigenvalue weighted by Gasteiger charge is 2.30. The Morgan fingerprint density at radius 1 is 1.10 bits per heavy atom. The fourth-order valence-corrected chi connectivity index (χ4v) is 3.45. The fourth-order valence-electron chi connectivity index (χ4n) is 2.93. The number of para-hydroxylation sites is 1. The van der Waals surface area contributed by atoms with Gasteiger partial charge in [-0.05, 0) is 29.8 Å². The Labute approximate surface area is 165 Å². The zero-order valence-corrected chi connectivity index (χ0v) is 15.4. The predicted molar refractivity (Wildman–Crippen MR) is 105 cm³/mol. The summed E-state index contributed by atoms with van der Waals surface area (Å²) in [6, 6.07) is 10.5. The van der Waals surface area contributed by atoms with E-state index in [1.807, 2.05) is 0 Å². The van der Waals surface area contributed by atoms with Crippen LogP contribution >= 0.6 is 11.3 Å². The molecule has 0 saturated carbocycles. The molecule has 146 valence electrons. The SMILES string of the molecule is O=C(Nc1nccs1)c1cccc2c(=O)cc(-c3cccc(C(F)(F)F)c3)[nH]c12. The predicted octanol–water partition coefficient (Wildman–Crippen LogP) is 4.92. The van der Waals surface area contributed by atoms with E-state index in [0.29, 0.717) is 5.13 Å². The number of hydrogen-bond acceptors (Lipinski definition) is 4. The van der Waals surface area contributed by atoms with Crippen LogP contribution in [0.2, 0.25) is 0 Å². The molecule has 29 heavy (non-hydrogen) atoms. The van der Waals surface area contributed by atoms with Gasteiger partial charge in [-0.25, -0.2) is 4.98 Å². The largest absolute Gasteiger partial charge is 0.416 e. The molecule has 2 heterocycles. The normalized spacial score (nSPS) is 11.6. The van der Waals surface area contributed by atoms with E-state index in [-0.39, 0.29) is 27.7 Å². The van der Waals surface area contributed by atoms with Crippen molar-refractivity contribution >= 4 is 33.3 Å². The van der Waals surface area contributed by atoms with Gasteiger partial charge in [0.2, 0.25) is 0 Å². The number of halogens is 3. The van der Waals surface area contributed by atoms with Crippen LogP contribution in [0.5, 0.6) is 0 Å². The molecule has 0 aliphatic heterocycles. The molecule has 9 heteroatoms. The summed E-state index contributed by atoms with van der Waals surface area (Å²) in [6.45, 7) is 0. The lowest BCUT2D eigenvalue weighted by molar-refractivity contribution is -0.137. The average molecular weight is 415 g/mol. The number of nitrogens with one attached hydrogen (secondary N) is 2. The number of amides is 1. The third-order valence-electron chi connectivity index (χ3n) is 4.26. The fraction of sp³-hybridized carbons (Fsp3) is 0.0500. The van der Waals surface area contributed by atoms with Gasteiger partial charge in [-0.3, -0.25) is 14.9 Å². The maximum absolute atomic E-state index is 13.0. The van der Waals surface area contributed by atoms with Gasteiger partial charge in [0.15, 0.2) is 10.6 Å². The molecule has 0 unspecified atom stereocenters. The van der Waals surface area contributed by atoms with Crippen LogP contribution < -0.4 is 10.7 Å². The first kappa shape index (κ1) is 18.9. The molecule has 2 N–H and O–H groups in total. The molecule has 4 aromatic rings. The summed E-state index contributed by atoms with van der Waals surface area (Å²) in [7, 11) is 0. The Bertz CT molecular complexity index is 1260. The summed E-state index contributed by atoms with van der Waals surface area (Å²) in [5, 5.41) is 4.99. The van der Waals surface area contributed by atoms with Crippen LogP contribution in [0.15, 0.2) is 64.9 Å². The van der Waals surface area contributed by atoms with Crippen molar-refractivity contribution in [2.45, 2.75) is 6.18 Å². The highest BCUT2D eigenvalue weighted by molar-refractivity contribution is 7.13. The van der Waals surface area contributed by atoms with E-state index in [2.05, 4.69) is 15.3 Å². The molecule has 0 saturated heterocycles. The Balaban J connectivity index is 1.84. The minimum Gasteiger partial charge on any atom is -0.354 e. The van der Waals surface area contributed by atoms with Crippen molar-refractivity contribution in [2.24, 2.45) is 0 Å². The maximum Gasteiger partial charge on any atom is 0.416 e. The zero-order chi connectivity index (χ0) is 20.6. The molecular weight excluding hydrogens is 403 g/mol. The van der Waals surface area contributed by atoms with E-state index in [1.54, 1.807) is 17.5 Å². The molecule has 0 radical (unpaired) electrons. The number of pyridine rings is 1. The molecule has 2 aromatic carbocycles. The van der Waals surface area contributed by atoms with Gasteiger partial charge in [-0.1, -0.05) is 18.2 Å². The van der Waals surface area contributed by atoms with Crippen molar-refractivity contribution in [1.29, 1.82) is 0 Å². The van der Waals surface area contributed by atoms with Crippen molar-refractivity contribution in [1.82, 2.24) is 9.97 Å². The summed E-state index contributed by atoms with van der Waals surface area (Å²) in [6.07, 6.45) is -2.97. The number of carbonyl (C=O) groups excluding carboxylic acids is 1. The van der Waals surface area contributed by atoms with Crippen LogP contribution in [0.25, 0.3) is 22.2 Å². The van der Waals surface area contributed by atoms with Gasteiger partial charge in [0, 0.05) is 28.7 Å². The standard InChI is InChI=1S/C20H12F3N3O2S/c21-20(22,23)12-4-1-3-11(9-12)15-10-16(27)13-5-2-6-14(17(13)25-15)18(28)26-19-24-7-8-29-19/h1-10H,(H,25,27)(H,24,26,28). The van der Waals surface area contributed by atoms with Crippen LogP contribution in [-0.2, 0) is 6.18 Å². The van der Waals surface area contributed by atoms with E-state index in [9.17, 15) is 22.8 Å². The van der Waals surface area contributed by atoms with E-state index in [0.717, 1.165) is 12.1 Å². The molecule has 0 aliphatic carbocycles. The summed E-state index contributed by atoms with van der Waals surface area (Å²) < 4.78 is 39.1. The van der Waals surface area contributed by atoms with Crippen molar-refractivity contribution in [3.8, 4) is 11.3 Å². The summed E-state index contributed by atoms with van der Waals surface area (Å²) in [5.41, 5.74) is -0.442. The number of aromatic nitrogens is 2. The number of anilines is 1. The topological polar surface area (TPSA) is 74.8 Å². The Morgan fingerprint density at radius 3 is 2.62 bits per heavy atom. The lowest BCUT2D eigenvalue weighted by Crippen LogP contribution is -2.14. The van der Waals surface area contributed by atoms with Crippen LogP contribution in [0, 0.1) is 0 Å². The van der Waals surface area contributed by atoms with Gasteiger partial charge < -0.3 is 4.98 Å². The van der Waals surface area contributed by atoms with E-state index in [1.165, 1.54) is 41.8 Å². The molecule has 1 amide bonds. The van der Waals surface area contributed by atoms with Crippen molar-refractivity contribution in [3.05, 3.63) is 81.5 Å². The van der Waals surface area contributed by atoms with Gasteiger partial charge in [-0.15, -0.1) is 11.3 Å². The number of fused-ring (bicyclic) bond motifs is 1. The third-order valence-corrected chi connectivity index (χ3v) is 4.95. The minimum atomic E-state index is -4.51. The Morgan fingerprint density at radius 2 is 1.90 bits per heavy atom. The third kappa shape index (κ3) is 3.77. The Hall–Kier alpha value is -3.46. The van der Waals surface area contributed by atoms with E-state index < -0.39 is 23.1 Å². The Kier molecular flexibility index (Phi) is 4.67. The molecular formula is C20H12F3N3O2S. The van der Waals surface area contributed by atoms with Crippen molar-refractivity contribution in [2.75, 3.05) is 5.32 Å². The van der Waals surface area contributed by atoms with Crippen LogP contribution in [-0.4, -0.2) is 15.9 Å². The molecule has 2 aromatic heterocycles. The lowest BCUT2D eigenvalue weighted by Gasteiger charge is -2.11. The summed E-state index contributed by atoms with van der Waals surface area (Å²) in [5.74, 6) is -0.484. The van der Waals surface area contributed by atoms with Crippen molar-refractivity contribution in [3.63, 3.8) is 0 Å². The molecule has 5 nitrogen and oxygen atoms in total. The summed E-state index contributed by atoms with van der Waals surface area (Å²) in [4.78, 5) is 32.1. The number of H-pyrrole nitrogens is 1. The number of nitrogens with zero attached hydrogens (tertiary/aromatic N) is 1. The van der Waals surface area contributed by atoms with Crippen molar-refractivity contribution < 1.29 is 18.0 Å². The van der Waals surface area contributed by atoms with Gasteiger partial charge in [0.25, 0.3) is 5.91 Å². The highest BCUT2D eigenvalue weighted by Crippen LogP contribution is 2.32. The number of hydrogen-bond donors (Lipinski definition) is 2. The quantitative estimate of drug-likeness (QED) is 0.499.